The lowest BCUT2D eigenvalue weighted by Crippen LogP contribution is -2.10. The maximum atomic E-state index is 11.7. The van der Waals surface area contributed by atoms with Crippen LogP contribution in [0, 0.1) is 6.92 Å². The van der Waals surface area contributed by atoms with Crippen molar-refractivity contribution in [3.8, 4) is 22.6 Å². The molecular formula is C37H33NO3. The number of para-hydroxylation sites is 1. The molecule has 0 aliphatic heterocycles. The quantitative estimate of drug-likeness (QED) is 0.101. The van der Waals surface area contributed by atoms with E-state index >= 15 is 0 Å². The van der Waals surface area contributed by atoms with Crippen LogP contribution in [-0.2, 0) is 11.2 Å². The molecule has 0 saturated carbocycles. The Morgan fingerprint density at radius 2 is 1.17 bits per heavy atom. The summed E-state index contributed by atoms with van der Waals surface area (Å²) in [6.45, 7) is 7.87. The monoisotopic (exact) mass is 539 g/mol. The average molecular weight is 540 g/mol. The standard InChI is InChI=1S/C37H33NO3/c1-27(2)37(39)41-36-21-11-29(12-22-36)25-26-40-35-23-19-34(20-24-35)38(32-7-5-4-6-8-32)33-17-15-31(16-18-33)30-13-9-28(3)10-14-30/h4-24H,1,25-26H2,2-3H3. The predicted molar refractivity (Wildman–Crippen MR) is 167 cm³/mol. The number of hydrogen-bond acceptors (Lipinski definition) is 4. The highest BCUT2D eigenvalue weighted by molar-refractivity contribution is 5.88. The van der Waals surface area contributed by atoms with Crippen molar-refractivity contribution in [2.75, 3.05) is 11.5 Å². The second-order valence-electron chi connectivity index (χ2n) is 9.99. The van der Waals surface area contributed by atoms with E-state index in [4.69, 9.17) is 9.47 Å². The average Bonchev–Trinajstić information content (AvgIpc) is 3.00. The Morgan fingerprint density at radius 3 is 1.76 bits per heavy atom. The van der Waals surface area contributed by atoms with E-state index in [1.807, 2.05) is 30.3 Å². The molecule has 0 aliphatic carbocycles. The van der Waals surface area contributed by atoms with Crippen molar-refractivity contribution in [1.29, 1.82) is 0 Å². The van der Waals surface area contributed by atoms with Gasteiger partial charge in [0.15, 0.2) is 0 Å². The third-order valence-corrected chi connectivity index (χ3v) is 6.76. The first kappa shape index (κ1) is 27.5. The van der Waals surface area contributed by atoms with Gasteiger partial charge in [-0.15, -0.1) is 0 Å². The Morgan fingerprint density at radius 1 is 0.659 bits per heavy atom. The van der Waals surface area contributed by atoms with Crippen molar-refractivity contribution in [3.05, 3.63) is 151 Å². The first-order valence-electron chi connectivity index (χ1n) is 13.7. The van der Waals surface area contributed by atoms with Gasteiger partial charge in [-0.2, -0.15) is 0 Å². The molecule has 5 aromatic rings. The molecule has 0 unspecified atom stereocenters. The van der Waals surface area contributed by atoms with Gasteiger partial charge >= 0.3 is 5.97 Å². The third-order valence-electron chi connectivity index (χ3n) is 6.76. The lowest BCUT2D eigenvalue weighted by Gasteiger charge is -2.26. The first-order valence-corrected chi connectivity index (χ1v) is 13.7. The molecule has 0 atom stereocenters. The maximum absolute atomic E-state index is 11.7. The Balaban J connectivity index is 1.26. The third kappa shape index (κ3) is 7.11. The Bertz CT molecular complexity index is 1590. The van der Waals surface area contributed by atoms with Crippen LogP contribution in [0.2, 0.25) is 0 Å². The van der Waals surface area contributed by atoms with Gasteiger partial charge in [-0.25, -0.2) is 4.79 Å². The second kappa shape index (κ2) is 12.8. The van der Waals surface area contributed by atoms with Crippen molar-refractivity contribution in [2.24, 2.45) is 0 Å². The molecule has 4 heteroatoms. The van der Waals surface area contributed by atoms with E-state index in [1.165, 1.54) is 16.7 Å². The highest BCUT2D eigenvalue weighted by Crippen LogP contribution is 2.36. The highest BCUT2D eigenvalue weighted by atomic mass is 16.5. The van der Waals surface area contributed by atoms with Crippen LogP contribution < -0.4 is 14.4 Å². The van der Waals surface area contributed by atoms with Crippen molar-refractivity contribution in [3.63, 3.8) is 0 Å². The summed E-state index contributed by atoms with van der Waals surface area (Å²) in [6, 6.07) is 43.3. The zero-order chi connectivity index (χ0) is 28.6. The van der Waals surface area contributed by atoms with E-state index in [1.54, 1.807) is 19.1 Å². The van der Waals surface area contributed by atoms with Crippen molar-refractivity contribution < 1.29 is 14.3 Å². The molecule has 0 radical (unpaired) electrons. The van der Waals surface area contributed by atoms with E-state index in [0.717, 1.165) is 34.8 Å². The van der Waals surface area contributed by atoms with E-state index in [0.29, 0.717) is 17.9 Å². The van der Waals surface area contributed by atoms with E-state index < -0.39 is 5.97 Å². The summed E-state index contributed by atoms with van der Waals surface area (Å²) in [5.74, 6) is 0.893. The van der Waals surface area contributed by atoms with E-state index in [2.05, 4.69) is 103 Å². The van der Waals surface area contributed by atoms with E-state index in [-0.39, 0.29) is 0 Å². The maximum Gasteiger partial charge on any atom is 0.338 e. The smallest absolute Gasteiger partial charge is 0.338 e. The van der Waals surface area contributed by atoms with Gasteiger partial charge in [0.25, 0.3) is 0 Å². The number of benzene rings is 5. The number of nitrogens with zero attached hydrogens (tertiary/aromatic N) is 1. The molecule has 0 aliphatic rings. The normalized spacial score (nSPS) is 10.6. The Hall–Kier alpha value is -5.09. The minimum absolute atomic E-state index is 0.372. The molecule has 0 fully saturated rings. The lowest BCUT2D eigenvalue weighted by molar-refractivity contribution is -0.130. The van der Waals surface area contributed by atoms with Crippen molar-refractivity contribution in [2.45, 2.75) is 20.3 Å². The number of carbonyl (C=O) groups is 1. The van der Waals surface area contributed by atoms with Crippen LogP contribution in [0.1, 0.15) is 18.1 Å². The van der Waals surface area contributed by atoms with Gasteiger partial charge in [-0.3, -0.25) is 0 Å². The summed E-state index contributed by atoms with van der Waals surface area (Å²) in [4.78, 5) is 13.9. The summed E-state index contributed by atoms with van der Waals surface area (Å²) >= 11 is 0. The zero-order valence-corrected chi connectivity index (χ0v) is 23.4. The molecule has 204 valence electrons. The molecule has 0 spiro atoms. The fourth-order valence-corrected chi connectivity index (χ4v) is 4.47. The van der Waals surface area contributed by atoms with Gasteiger partial charge < -0.3 is 14.4 Å². The van der Waals surface area contributed by atoms with Crippen LogP contribution in [0.5, 0.6) is 11.5 Å². The molecule has 0 saturated heterocycles. The number of anilines is 3. The molecule has 0 aromatic heterocycles. The largest absolute Gasteiger partial charge is 0.493 e. The van der Waals surface area contributed by atoms with Crippen LogP contribution in [0.15, 0.2) is 140 Å². The zero-order valence-electron chi connectivity index (χ0n) is 23.4. The molecule has 0 bridgehead atoms. The van der Waals surface area contributed by atoms with Gasteiger partial charge in [-0.1, -0.05) is 78.9 Å². The van der Waals surface area contributed by atoms with Crippen LogP contribution in [-0.4, -0.2) is 12.6 Å². The van der Waals surface area contributed by atoms with Crippen LogP contribution >= 0.6 is 0 Å². The molecule has 5 rings (SSSR count). The van der Waals surface area contributed by atoms with Gasteiger partial charge in [-0.05, 0) is 91.2 Å². The summed E-state index contributed by atoms with van der Waals surface area (Å²) in [5, 5.41) is 0. The number of aryl methyl sites for hydroxylation is 1. The minimum atomic E-state index is -0.422. The van der Waals surface area contributed by atoms with E-state index in [9.17, 15) is 4.79 Å². The molecular weight excluding hydrogens is 506 g/mol. The molecule has 5 aromatic carbocycles. The van der Waals surface area contributed by atoms with Crippen LogP contribution in [0.4, 0.5) is 17.1 Å². The van der Waals surface area contributed by atoms with Gasteiger partial charge in [0.05, 0.1) is 6.61 Å². The summed E-state index contributed by atoms with van der Waals surface area (Å²) in [5.41, 5.74) is 8.33. The Labute approximate surface area is 242 Å². The summed E-state index contributed by atoms with van der Waals surface area (Å²) in [6.07, 6.45) is 0.736. The molecule has 0 N–H and O–H groups in total. The second-order valence-corrected chi connectivity index (χ2v) is 9.99. The number of esters is 1. The summed E-state index contributed by atoms with van der Waals surface area (Å²) < 4.78 is 11.3. The lowest BCUT2D eigenvalue weighted by atomic mass is 10.0. The van der Waals surface area contributed by atoms with Gasteiger partial charge in [0.1, 0.15) is 11.5 Å². The number of hydrogen-bond donors (Lipinski definition) is 0. The van der Waals surface area contributed by atoms with Crippen LogP contribution in [0.3, 0.4) is 0 Å². The molecule has 4 nitrogen and oxygen atoms in total. The van der Waals surface area contributed by atoms with Gasteiger partial charge in [0.2, 0.25) is 0 Å². The predicted octanol–water partition coefficient (Wildman–Crippen LogP) is 9.23. The van der Waals surface area contributed by atoms with Gasteiger partial charge in [0, 0.05) is 29.1 Å². The summed E-state index contributed by atoms with van der Waals surface area (Å²) in [7, 11) is 0. The SMILES string of the molecule is C=C(C)C(=O)Oc1ccc(CCOc2ccc(N(c3ccccc3)c3ccc(-c4ccc(C)cc4)cc3)cc2)cc1. The molecule has 41 heavy (non-hydrogen) atoms. The molecule has 0 heterocycles. The minimum Gasteiger partial charge on any atom is -0.493 e. The van der Waals surface area contributed by atoms with Crippen molar-refractivity contribution >= 4 is 23.0 Å². The number of carbonyl (C=O) groups excluding carboxylic acids is 1. The Kier molecular flexibility index (Phi) is 8.61. The number of rotatable bonds is 10. The molecule has 0 amide bonds. The fraction of sp³-hybridized carbons (Fsp3) is 0.108. The highest BCUT2D eigenvalue weighted by Gasteiger charge is 2.13. The topological polar surface area (TPSA) is 38.8 Å². The van der Waals surface area contributed by atoms with Crippen molar-refractivity contribution in [1.82, 2.24) is 0 Å². The number of ether oxygens (including phenoxy) is 2. The fourth-order valence-electron chi connectivity index (χ4n) is 4.47. The first-order chi connectivity index (χ1) is 20.0. The van der Waals surface area contributed by atoms with Crippen LogP contribution in [0.25, 0.3) is 11.1 Å².